The van der Waals surface area contributed by atoms with Crippen LogP contribution in [0.2, 0.25) is 0 Å². The van der Waals surface area contributed by atoms with Crippen molar-refractivity contribution in [3.8, 4) is 0 Å². The van der Waals surface area contributed by atoms with Crippen LogP contribution in [0.5, 0.6) is 0 Å². The molecule has 2 rings (SSSR count). The Morgan fingerprint density at radius 3 is 2.18 bits per heavy atom. The third-order valence-electron chi connectivity index (χ3n) is 4.47. The predicted octanol–water partition coefficient (Wildman–Crippen LogP) is 2.37. The van der Waals surface area contributed by atoms with Gasteiger partial charge in [0, 0.05) is 44.6 Å². The van der Waals surface area contributed by atoms with Crippen molar-refractivity contribution in [2.24, 2.45) is 0 Å². The first-order valence-corrected chi connectivity index (χ1v) is 8.34. The molecule has 2 fully saturated rings. The first kappa shape index (κ1) is 17.1. The van der Waals surface area contributed by atoms with Gasteiger partial charge in [0.25, 0.3) is 0 Å². The average molecular weight is 312 g/mol. The molecule has 1 amide bonds. The van der Waals surface area contributed by atoms with E-state index in [1.807, 2.05) is 11.8 Å². The highest BCUT2D eigenvalue weighted by atomic mass is 16.7. The van der Waals surface area contributed by atoms with Crippen molar-refractivity contribution in [1.29, 1.82) is 0 Å². The summed E-state index contributed by atoms with van der Waals surface area (Å²) in [7, 11) is 0. The number of piperazine rings is 1. The standard InChI is InChI=1S/C16H28N2O4/c1-5-6-15(19)21-12(4)22-16(20)18-13-7-8-14(18)10-17(9-13)11(2)3/h11-14H,5-10H2,1-4H3. The summed E-state index contributed by atoms with van der Waals surface area (Å²) in [5.41, 5.74) is 0. The Balaban J connectivity index is 1.87. The van der Waals surface area contributed by atoms with Crippen LogP contribution in [0.4, 0.5) is 4.79 Å². The highest BCUT2D eigenvalue weighted by Crippen LogP contribution is 2.31. The fourth-order valence-corrected chi connectivity index (χ4v) is 3.33. The maximum absolute atomic E-state index is 12.4. The summed E-state index contributed by atoms with van der Waals surface area (Å²) in [6, 6.07) is 0.926. The highest BCUT2D eigenvalue weighted by Gasteiger charge is 2.44. The molecule has 3 unspecified atom stereocenters. The minimum atomic E-state index is -0.825. The van der Waals surface area contributed by atoms with Crippen molar-refractivity contribution in [2.75, 3.05) is 13.1 Å². The van der Waals surface area contributed by atoms with Gasteiger partial charge < -0.3 is 9.47 Å². The first-order valence-electron chi connectivity index (χ1n) is 8.34. The second-order valence-electron chi connectivity index (χ2n) is 6.53. The van der Waals surface area contributed by atoms with Gasteiger partial charge in [0.15, 0.2) is 0 Å². The third-order valence-corrected chi connectivity index (χ3v) is 4.47. The van der Waals surface area contributed by atoms with Gasteiger partial charge in [-0.25, -0.2) is 4.79 Å². The molecule has 6 nitrogen and oxygen atoms in total. The number of rotatable bonds is 5. The molecule has 2 bridgehead atoms. The summed E-state index contributed by atoms with van der Waals surface area (Å²) in [5.74, 6) is -0.324. The van der Waals surface area contributed by atoms with Gasteiger partial charge in [0.1, 0.15) is 0 Å². The molecule has 0 N–H and O–H groups in total. The number of esters is 1. The zero-order chi connectivity index (χ0) is 16.3. The number of fused-ring (bicyclic) bond motifs is 2. The number of hydrogen-bond acceptors (Lipinski definition) is 5. The van der Waals surface area contributed by atoms with Gasteiger partial charge in [0.2, 0.25) is 6.29 Å². The second-order valence-corrected chi connectivity index (χ2v) is 6.53. The van der Waals surface area contributed by atoms with Crippen LogP contribution < -0.4 is 0 Å². The molecule has 0 radical (unpaired) electrons. The maximum Gasteiger partial charge on any atom is 0.413 e. The largest absolute Gasteiger partial charge is 0.425 e. The summed E-state index contributed by atoms with van der Waals surface area (Å²) in [6.45, 7) is 9.66. The van der Waals surface area contributed by atoms with Gasteiger partial charge in [-0.2, -0.15) is 0 Å². The van der Waals surface area contributed by atoms with E-state index in [2.05, 4.69) is 18.7 Å². The summed E-state index contributed by atoms with van der Waals surface area (Å²) in [6.07, 6.45) is 1.93. The molecule has 0 aliphatic carbocycles. The lowest BCUT2D eigenvalue weighted by molar-refractivity contribution is -0.166. The van der Waals surface area contributed by atoms with Crippen LogP contribution in [0.15, 0.2) is 0 Å². The minimum Gasteiger partial charge on any atom is -0.425 e. The smallest absolute Gasteiger partial charge is 0.413 e. The van der Waals surface area contributed by atoms with Gasteiger partial charge in [-0.15, -0.1) is 0 Å². The zero-order valence-electron chi connectivity index (χ0n) is 14.1. The van der Waals surface area contributed by atoms with Crippen LogP contribution in [0.25, 0.3) is 0 Å². The summed E-state index contributed by atoms with van der Waals surface area (Å²) >= 11 is 0. The van der Waals surface area contributed by atoms with Crippen molar-refractivity contribution in [2.45, 2.75) is 77.8 Å². The molecule has 3 atom stereocenters. The third kappa shape index (κ3) is 3.91. The normalized spacial score (nSPS) is 26.1. The molecule has 0 saturated carbocycles. The Morgan fingerprint density at radius 2 is 1.68 bits per heavy atom. The Hall–Kier alpha value is -1.30. The van der Waals surface area contributed by atoms with Gasteiger partial charge in [-0.3, -0.25) is 14.6 Å². The van der Waals surface area contributed by atoms with E-state index < -0.39 is 6.29 Å². The fraction of sp³-hybridized carbons (Fsp3) is 0.875. The van der Waals surface area contributed by atoms with E-state index in [0.29, 0.717) is 12.5 Å². The van der Waals surface area contributed by atoms with Crippen molar-refractivity contribution in [1.82, 2.24) is 9.80 Å². The van der Waals surface area contributed by atoms with Gasteiger partial charge >= 0.3 is 12.1 Å². The summed E-state index contributed by atoms with van der Waals surface area (Å²) < 4.78 is 10.4. The number of carbonyl (C=O) groups is 2. The molecule has 0 aromatic carbocycles. The lowest BCUT2D eigenvalue weighted by Gasteiger charge is -2.42. The Labute approximate surface area is 132 Å². The van der Waals surface area contributed by atoms with Gasteiger partial charge in [-0.05, 0) is 33.1 Å². The molecule has 2 aliphatic heterocycles. The Kier molecular flexibility index (Phi) is 5.67. The van der Waals surface area contributed by atoms with E-state index in [1.54, 1.807) is 6.92 Å². The van der Waals surface area contributed by atoms with E-state index in [1.165, 1.54) is 0 Å². The van der Waals surface area contributed by atoms with E-state index in [4.69, 9.17) is 9.47 Å². The Bertz CT molecular complexity index is 399. The van der Waals surface area contributed by atoms with Crippen molar-refractivity contribution in [3.63, 3.8) is 0 Å². The van der Waals surface area contributed by atoms with Gasteiger partial charge in [-0.1, -0.05) is 6.92 Å². The molecule has 126 valence electrons. The van der Waals surface area contributed by atoms with Crippen LogP contribution in [0.1, 0.15) is 53.4 Å². The van der Waals surface area contributed by atoms with Crippen LogP contribution >= 0.6 is 0 Å². The first-order chi connectivity index (χ1) is 10.4. The number of carbonyl (C=O) groups excluding carboxylic acids is 2. The number of likely N-dealkylation sites (tertiary alicyclic amines) is 1. The molecule has 6 heteroatoms. The molecule has 0 aromatic rings. The summed E-state index contributed by atoms with van der Waals surface area (Å²) in [5, 5.41) is 0. The topological polar surface area (TPSA) is 59.1 Å². The quantitative estimate of drug-likeness (QED) is 0.576. The Morgan fingerprint density at radius 1 is 1.09 bits per heavy atom. The molecule has 2 heterocycles. The average Bonchev–Trinajstić information content (AvgIpc) is 2.69. The number of amides is 1. The predicted molar refractivity (Wildman–Crippen MR) is 82.3 cm³/mol. The van der Waals surface area contributed by atoms with E-state index >= 15 is 0 Å². The molecule has 2 saturated heterocycles. The molecule has 0 spiro atoms. The number of nitrogens with zero attached hydrogens (tertiary/aromatic N) is 2. The van der Waals surface area contributed by atoms with Gasteiger partial charge in [0.05, 0.1) is 0 Å². The van der Waals surface area contributed by atoms with E-state index in [9.17, 15) is 9.59 Å². The number of ether oxygens (including phenoxy) is 2. The molecule has 22 heavy (non-hydrogen) atoms. The summed E-state index contributed by atoms with van der Waals surface area (Å²) in [4.78, 5) is 28.1. The molecular weight excluding hydrogens is 284 g/mol. The number of hydrogen-bond donors (Lipinski definition) is 0. The highest BCUT2D eigenvalue weighted by molar-refractivity contribution is 5.71. The lowest BCUT2D eigenvalue weighted by Crippen LogP contribution is -2.57. The fourth-order valence-electron chi connectivity index (χ4n) is 3.33. The molecule has 2 aliphatic rings. The molecule has 0 aromatic heterocycles. The zero-order valence-corrected chi connectivity index (χ0v) is 14.1. The minimum absolute atomic E-state index is 0.215. The lowest BCUT2D eigenvalue weighted by atomic mass is 10.1. The maximum atomic E-state index is 12.4. The monoisotopic (exact) mass is 312 g/mol. The molecular formula is C16H28N2O4. The second kappa shape index (κ2) is 7.31. The van der Waals surface area contributed by atoms with Crippen molar-refractivity contribution in [3.05, 3.63) is 0 Å². The van der Waals surface area contributed by atoms with Crippen LogP contribution in [-0.2, 0) is 14.3 Å². The van der Waals surface area contributed by atoms with Crippen molar-refractivity contribution < 1.29 is 19.1 Å². The van der Waals surface area contributed by atoms with E-state index in [-0.39, 0.29) is 24.1 Å². The van der Waals surface area contributed by atoms with Crippen LogP contribution in [0.3, 0.4) is 0 Å². The van der Waals surface area contributed by atoms with E-state index in [0.717, 1.165) is 32.4 Å². The van der Waals surface area contributed by atoms with Crippen molar-refractivity contribution >= 4 is 12.1 Å². The SMILES string of the molecule is CCCC(=O)OC(C)OC(=O)N1C2CCC1CN(C(C)C)C2. The van der Waals surface area contributed by atoms with Crippen LogP contribution in [0, 0.1) is 0 Å². The van der Waals surface area contributed by atoms with Crippen LogP contribution in [-0.4, -0.2) is 59.4 Å².